The van der Waals surface area contributed by atoms with E-state index in [1.54, 1.807) is 19.2 Å². The monoisotopic (exact) mass is 318 g/mol. The van der Waals surface area contributed by atoms with Crippen molar-refractivity contribution in [3.05, 3.63) is 58.2 Å². The summed E-state index contributed by atoms with van der Waals surface area (Å²) < 4.78 is 1.05. The zero-order valence-electron chi connectivity index (χ0n) is 10.9. The van der Waals surface area contributed by atoms with Crippen molar-refractivity contribution in [3.63, 3.8) is 0 Å². The lowest BCUT2D eigenvalue weighted by Crippen LogP contribution is -2.20. The van der Waals surface area contributed by atoms with Crippen LogP contribution in [-0.4, -0.2) is 17.8 Å². The van der Waals surface area contributed by atoms with Crippen LogP contribution in [0.5, 0.6) is 0 Å². The third kappa shape index (κ3) is 3.41. The van der Waals surface area contributed by atoms with Gasteiger partial charge in [0.05, 0.1) is 5.56 Å². The van der Waals surface area contributed by atoms with Crippen molar-refractivity contribution in [2.24, 2.45) is 0 Å². The molecule has 0 saturated heterocycles. The van der Waals surface area contributed by atoms with Crippen molar-refractivity contribution in [2.75, 3.05) is 11.9 Å². The van der Waals surface area contributed by atoms with E-state index in [1.807, 2.05) is 30.1 Å². The molecule has 0 bridgehead atoms. The number of rotatable bonds is 4. The maximum Gasteiger partial charge on any atom is 0.163 e. The van der Waals surface area contributed by atoms with Crippen LogP contribution in [0.1, 0.15) is 22.8 Å². The van der Waals surface area contributed by atoms with Gasteiger partial charge in [0.1, 0.15) is 5.82 Å². The highest BCUT2D eigenvalue weighted by molar-refractivity contribution is 9.10. The van der Waals surface area contributed by atoms with Crippen molar-refractivity contribution < 1.29 is 4.79 Å². The first-order valence-corrected chi connectivity index (χ1v) is 6.79. The van der Waals surface area contributed by atoms with E-state index in [0.29, 0.717) is 12.1 Å². The molecule has 0 aliphatic rings. The van der Waals surface area contributed by atoms with Crippen molar-refractivity contribution in [2.45, 2.75) is 13.5 Å². The first-order valence-electron chi connectivity index (χ1n) is 5.99. The minimum Gasteiger partial charge on any atom is -0.355 e. The van der Waals surface area contributed by atoms with E-state index in [-0.39, 0.29) is 5.78 Å². The van der Waals surface area contributed by atoms with Gasteiger partial charge in [-0.05, 0) is 36.8 Å². The molecule has 0 radical (unpaired) electrons. The molecule has 0 atom stereocenters. The van der Waals surface area contributed by atoms with Gasteiger partial charge >= 0.3 is 0 Å². The molecule has 2 aromatic rings. The van der Waals surface area contributed by atoms with Crippen LogP contribution >= 0.6 is 15.9 Å². The minimum atomic E-state index is 0.0317. The van der Waals surface area contributed by atoms with Gasteiger partial charge in [-0.2, -0.15) is 0 Å². The first-order chi connectivity index (χ1) is 9.08. The highest BCUT2D eigenvalue weighted by Crippen LogP contribution is 2.20. The molecule has 0 amide bonds. The lowest BCUT2D eigenvalue weighted by molar-refractivity contribution is 0.101. The molecule has 0 aliphatic heterocycles. The van der Waals surface area contributed by atoms with Crippen molar-refractivity contribution in [1.29, 1.82) is 0 Å². The van der Waals surface area contributed by atoms with Gasteiger partial charge in [0.15, 0.2) is 5.78 Å². The van der Waals surface area contributed by atoms with Gasteiger partial charge in [-0.15, -0.1) is 0 Å². The number of hydrogen-bond donors (Lipinski definition) is 0. The number of hydrogen-bond acceptors (Lipinski definition) is 3. The summed E-state index contributed by atoms with van der Waals surface area (Å²) in [6.07, 6.45) is 1.71. The zero-order valence-corrected chi connectivity index (χ0v) is 12.5. The fourth-order valence-electron chi connectivity index (χ4n) is 1.96. The summed E-state index contributed by atoms with van der Waals surface area (Å²) in [6, 6.07) is 11.7. The number of halogens is 1. The average Bonchev–Trinajstić information content (AvgIpc) is 2.38. The van der Waals surface area contributed by atoms with Gasteiger partial charge < -0.3 is 4.90 Å². The summed E-state index contributed by atoms with van der Waals surface area (Å²) in [4.78, 5) is 17.9. The number of benzene rings is 1. The lowest BCUT2D eigenvalue weighted by Gasteiger charge is -2.20. The maximum absolute atomic E-state index is 11.6. The number of carbonyl (C=O) groups is 1. The van der Waals surface area contributed by atoms with E-state index in [4.69, 9.17) is 0 Å². The predicted octanol–water partition coefficient (Wildman–Crippen LogP) is 3.68. The third-order valence-electron chi connectivity index (χ3n) is 2.84. The number of anilines is 1. The molecular weight excluding hydrogens is 304 g/mol. The Morgan fingerprint density at radius 2 is 2.11 bits per heavy atom. The summed E-state index contributed by atoms with van der Waals surface area (Å²) in [5, 5.41) is 0. The Balaban J connectivity index is 2.25. The number of nitrogens with zero attached hydrogens (tertiary/aromatic N) is 2. The Morgan fingerprint density at radius 3 is 2.79 bits per heavy atom. The molecular formula is C15H15BrN2O. The fraction of sp³-hybridized carbons (Fsp3) is 0.200. The normalized spacial score (nSPS) is 10.3. The Kier molecular flexibility index (Phi) is 4.32. The molecule has 4 heteroatoms. The number of carbonyl (C=O) groups excluding carboxylic acids is 1. The van der Waals surface area contributed by atoms with Gasteiger partial charge in [-0.1, -0.05) is 28.1 Å². The first kappa shape index (κ1) is 13.7. The summed E-state index contributed by atoms with van der Waals surface area (Å²) in [6.45, 7) is 2.27. The largest absolute Gasteiger partial charge is 0.355 e. The molecule has 0 fully saturated rings. The van der Waals surface area contributed by atoms with Crippen LogP contribution in [0.4, 0.5) is 5.82 Å². The Hall–Kier alpha value is -1.68. The van der Waals surface area contributed by atoms with Crippen LogP contribution in [0, 0.1) is 0 Å². The molecule has 0 N–H and O–H groups in total. The van der Waals surface area contributed by atoms with Crippen LogP contribution in [0.2, 0.25) is 0 Å². The highest BCUT2D eigenvalue weighted by Gasteiger charge is 2.12. The standard InChI is InChI=1S/C15H15BrN2O/c1-11(19)14-7-4-8-17-15(14)18(2)10-12-5-3-6-13(16)9-12/h3-9H,10H2,1-2H3. The SMILES string of the molecule is CC(=O)c1cccnc1N(C)Cc1cccc(Br)c1. The van der Waals surface area contributed by atoms with E-state index in [1.165, 1.54) is 0 Å². The van der Waals surface area contributed by atoms with E-state index < -0.39 is 0 Å². The van der Waals surface area contributed by atoms with Gasteiger partial charge in [0.2, 0.25) is 0 Å². The topological polar surface area (TPSA) is 33.2 Å². The Bertz CT molecular complexity index is 598. The molecule has 2 rings (SSSR count). The van der Waals surface area contributed by atoms with Crippen molar-refractivity contribution >= 4 is 27.5 Å². The van der Waals surface area contributed by atoms with Gasteiger partial charge in [0.25, 0.3) is 0 Å². The average molecular weight is 319 g/mol. The quantitative estimate of drug-likeness (QED) is 0.806. The predicted molar refractivity (Wildman–Crippen MR) is 80.5 cm³/mol. The van der Waals surface area contributed by atoms with E-state index >= 15 is 0 Å². The maximum atomic E-state index is 11.6. The smallest absolute Gasteiger partial charge is 0.163 e. The highest BCUT2D eigenvalue weighted by atomic mass is 79.9. The van der Waals surface area contributed by atoms with E-state index in [9.17, 15) is 4.79 Å². The third-order valence-corrected chi connectivity index (χ3v) is 3.33. The van der Waals surface area contributed by atoms with Crippen LogP contribution in [0.3, 0.4) is 0 Å². The number of ketones is 1. The van der Waals surface area contributed by atoms with E-state index in [0.717, 1.165) is 15.9 Å². The van der Waals surface area contributed by atoms with E-state index in [2.05, 4.69) is 33.0 Å². The molecule has 0 unspecified atom stereocenters. The Morgan fingerprint density at radius 1 is 1.32 bits per heavy atom. The fourth-order valence-corrected chi connectivity index (χ4v) is 2.41. The molecule has 1 aromatic heterocycles. The summed E-state index contributed by atoms with van der Waals surface area (Å²) in [5.74, 6) is 0.749. The molecule has 0 aliphatic carbocycles. The second-order valence-electron chi connectivity index (χ2n) is 4.42. The number of pyridine rings is 1. The second kappa shape index (κ2) is 5.97. The minimum absolute atomic E-state index is 0.0317. The molecule has 0 saturated carbocycles. The second-order valence-corrected chi connectivity index (χ2v) is 5.33. The van der Waals surface area contributed by atoms with Crippen molar-refractivity contribution in [3.8, 4) is 0 Å². The molecule has 98 valence electrons. The summed E-state index contributed by atoms with van der Waals surface area (Å²) in [5.41, 5.74) is 1.82. The zero-order chi connectivity index (χ0) is 13.8. The van der Waals surface area contributed by atoms with Crippen LogP contribution in [-0.2, 0) is 6.54 Å². The van der Waals surface area contributed by atoms with Gasteiger partial charge in [0, 0.05) is 24.3 Å². The lowest BCUT2D eigenvalue weighted by atomic mass is 10.1. The molecule has 1 heterocycles. The Labute approximate surface area is 121 Å². The number of Topliss-reactive ketones (excluding diaryl/α,β-unsaturated/α-hetero) is 1. The van der Waals surface area contributed by atoms with Crippen LogP contribution in [0.25, 0.3) is 0 Å². The molecule has 0 spiro atoms. The molecule has 19 heavy (non-hydrogen) atoms. The summed E-state index contributed by atoms with van der Waals surface area (Å²) >= 11 is 3.46. The van der Waals surface area contributed by atoms with Crippen LogP contribution < -0.4 is 4.90 Å². The molecule has 3 nitrogen and oxygen atoms in total. The van der Waals surface area contributed by atoms with Crippen LogP contribution in [0.15, 0.2) is 47.1 Å². The van der Waals surface area contributed by atoms with Crippen molar-refractivity contribution in [1.82, 2.24) is 4.98 Å². The van der Waals surface area contributed by atoms with Gasteiger partial charge in [-0.25, -0.2) is 4.98 Å². The summed E-state index contributed by atoms with van der Waals surface area (Å²) in [7, 11) is 1.94. The number of aromatic nitrogens is 1. The molecule has 1 aromatic carbocycles. The van der Waals surface area contributed by atoms with Gasteiger partial charge in [-0.3, -0.25) is 4.79 Å².